The summed E-state index contributed by atoms with van der Waals surface area (Å²) in [6.07, 6.45) is -5.50. The number of para-hydroxylation sites is 1. The second-order valence-corrected chi connectivity index (χ2v) is 6.61. The summed E-state index contributed by atoms with van der Waals surface area (Å²) in [4.78, 5) is 12.4. The largest absolute Gasteiger partial charge is 0.418 e. The van der Waals surface area contributed by atoms with Crippen molar-refractivity contribution in [3.05, 3.63) is 50.3 Å². The summed E-state index contributed by atoms with van der Waals surface area (Å²) in [5.41, 5.74) is -1.73. The molecule has 1 fully saturated rings. The van der Waals surface area contributed by atoms with Crippen LogP contribution in [0.1, 0.15) is 30.0 Å². The first-order valence-electron chi connectivity index (χ1n) is 7.05. The third-order valence-corrected chi connectivity index (χ3v) is 4.91. The van der Waals surface area contributed by atoms with Crippen molar-refractivity contribution >= 4 is 15.9 Å². The van der Waals surface area contributed by atoms with Crippen molar-refractivity contribution < 1.29 is 22.0 Å². The van der Waals surface area contributed by atoms with Gasteiger partial charge in [-0.3, -0.25) is 9.48 Å². The second-order valence-electron chi connectivity index (χ2n) is 5.82. The Morgan fingerprint density at radius 2 is 1.79 bits per heavy atom. The third-order valence-electron chi connectivity index (χ3n) is 4.17. The quantitative estimate of drug-likeness (QED) is 0.671. The van der Waals surface area contributed by atoms with E-state index in [1.807, 2.05) is 0 Å². The molecule has 0 radical (unpaired) electrons. The minimum atomic E-state index is -4.64. The smallest absolute Gasteiger partial charge is 0.284 e. The summed E-state index contributed by atoms with van der Waals surface area (Å²) in [5, 5.41) is 0. The van der Waals surface area contributed by atoms with Gasteiger partial charge < -0.3 is 0 Å². The number of benzene rings is 1. The van der Waals surface area contributed by atoms with Crippen molar-refractivity contribution in [1.82, 2.24) is 9.36 Å². The van der Waals surface area contributed by atoms with Crippen molar-refractivity contribution in [2.75, 3.05) is 0 Å². The highest BCUT2D eigenvalue weighted by Gasteiger charge is 2.48. The zero-order chi connectivity index (χ0) is 17.9. The average Bonchev–Trinajstić information content (AvgIpc) is 2.66. The minimum Gasteiger partial charge on any atom is -0.284 e. The minimum absolute atomic E-state index is 0.0162. The maximum atomic E-state index is 13.2. The van der Waals surface area contributed by atoms with E-state index in [-0.39, 0.29) is 15.9 Å². The molecule has 0 spiro atoms. The van der Waals surface area contributed by atoms with Crippen LogP contribution in [0.25, 0.3) is 5.69 Å². The SMILES string of the molecule is Cn1c(C2CC(F)(F)C2)c(Br)c(=O)n1-c1ccccc1C(F)(F)F. The lowest BCUT2D eigenvalue weighted by molar-refractivity contribution is -0.137. The van der Waals surface area contributed by atoms with Gasteiger partial charge in [0.1, 0.15) is 4.47 Å². The summed E-state index contributed by atoms with van der Waals surface area (Å²) < 4.78 is 68.0. The van der Waals surface area contributed by atoms with E-state index < -0.39 is 42.0 Å². The fourth-order valence-electron chi connectivity index (χ4n) is 3.06. The molecule has 3 nitrogen and oxygen atoms in total. The Labute approximate surface area is 141 Å². The molecule has 130 valence electrons. The van der Waals surface area contributed by atoms with E-state index in [0.29, 0.717) is 0 Å². The van der Waals surface area contributed by atoms with E-state index >= 15 is 0 Å². The third kappa shape index (κ3) is 2.68. The Bertz CT molecular complexity index is 845. The monoisotopic (exact) mass is 410 g/mol. The molecule has 1 aliphatic carbocycles. The van der Waals surface area contributed by atoms with Crippen LogP contribution in [0.3, 0.4) is 0 Å². The normalized spacial score (nSPS) is 17.8. The summed E-state index contributed by atoms with van der Waals surface area (Å²) in [6, 6.07) is 4.66. The molecule has 9 heteroatoms. The standard InChI is InChI=1S/C15H12BrF5N2O/c1-22-12(8-6-14(17,18)7-8)11(16)13(24)23(22)10-5-3-2-4-9(10)15(19,20)21/h2-5,8H,6-7H2,1H3. The molecule has 1 aromatic heterocycles. The van der Waals surface area contributed by atoms with Gasteiger partial charge in [-0.05, 0) is 28.1 Å². The molecule has 0 amide bonds. The van der Waals surface area contributed by atoms with Crippen LogP contribution >= 0.6 is 15.9 Å². The van der Waals surface area contributed by atoms with Gasteiger partial charge in [0.05, 0.1) is 16.9 Å². The number of nitrogens with zero attached hydrogens (tertiary/aromatic N) is 2. The van der Waals surface area contributed by atoms with Crippen molar-refractivity contribution in [2.24, 2.45) is 7.05 Å². The fourth-order valence-corrected chi connectivity index (χ4v) is 3.80. The molecule has 1 heterocycles. The van der Waals surface area contributed by atoms with E-state index in [1.54, 1.807) is 0 Å². The van der Waals surface area contributed by atoms with Crippen LogP contribution in [0.15, 0.2) is 33.5 Å². The van der Waals surface area contributed by atoms with E-state index in [1.165, 1.54) is 29.9 Å². The lowest BCUT2D eigenvalue weighted by atomic mass is 9.79. The molecule has 1 aliphatic rings. The first-order valence-corrected chi connectivity index (χ1v) is 7.84. The van der Waals surface area contributed by atoms with Crippen molar-refractivity contribution in [3.63, 3.8) is 0 Å². The highest BCUT2D eigenvalue weighted by atomic mass is 79.9. The molecule has 0 atom stereocenters. The molecule has 3 rings (SSSR count). The molecule has 24 heavy (non-hydrogen) atoms. The van der Waals surface area contributed by atoms with E-state index in [9.17, 15) is 26.7 Å². The number of hydrogen-bond acceptors (Lipinski definition) is 1. The number of rotatable bonds is 2. The van der Waals surface area contributed by atoms with Gasteiger partial charge >= 0.3 is 6.18 Å². The molecule has 0 bridgehead atoms. The Morgan fingerprint density at radius 3 is 2.33 bits per heavy atom. The van der Waals surface area contributed by atoms with Crippen LogP contribution in [0.4, 0.5) is 22.0 Å². The molecule has 0 N–H and O–H groups in total. The Balaban J connectivity index is 2.17. The van der Waals surface area contributed by atoms with E-state index in [0.717, 1.165) is 10.7 Å². The van der Waals surface area contributed by atoms with Crippen molar-refractivity contribution in [1.29, 1.82) is 0 Å². The van der Waals surface area contributed by atoms with Crippen LogP contribution < -0.4 is 5.56 Å². The maximum absolute atomic E-state index is 13.2. The van der Waals surface area contributed by atoms with Gasteiger partial charge in [0.25, 0.3) is 5.56 Å². The number of halogens is 6. The van der Waals surface area contributed by atoms with Crippen LogP contribution in [0, 0.1) is 0 Å². The van der Waals surface area contributed by atoms with Crippen molar-refractivity contribution in [2.45, 2.75) is 30.9 Å². The summed E-state index contributed by atoms with van der Waals surface area (Å²) in [6.45, 7) is 0. The van der Waals surface area contributed by atoms with Gasteiger partial charge in [0.2, 0.25) is 5.92 Å². The molecule has 2 aromatic rings. The van der Waals surface area contributed by atoms with Gasteiger partial charge in [-0.1, -0.05) is 12.1 Å². The van der Waals surface area contributed by atoms with Crippen LogP contribution in [0.2, 0.25) is 0 Å². The summed E-state index contributed by atoms with van der Waals surface area (Å²) in [5.74, 6) is -3.38. The topological polar surface area (TPSA) is 26.9 Å². The predicted molar refractivity (Wildman–Crippen MR) is 80.6 cm³/mol. The predicted octanol–water partition coefficient (Wildman–Crippen LogP) is 4.47. The van der Waals surface area contributed by atoms with Gasteiger partial charge in [-0.15, -0.1) is 0 Å². The van der Waals surface area contributed by atoms with Gasteiger partial charge in [0, 0.05) is 25.8 Å². The Hall–Kier alpha value is -1.64. The van der Waals surface area contributed by atoms with Crippen LogP contribution in [-0.4, -0.2) is 15.3 Å². The molecule has 1 saturated carbocycles. The van der Waals surface area contributed by atoms with E-state index in [2.05, 4.69) is 15.9 Å². The van der Waals surface area contributed by atoms with Crippen molar-refractivity contribution in [3.8, 4) is 5.69 Å². The lowest BCUT2D eigenvalue weighted by Crippen LogP contribution is -2.35. The van der Waals surface area contributed by atoms with Crippen LogP contribution in [-0.2, 0) is 13.2 Å². The van der Waals surface area contributed by atoms with Gasteiger partial charge in [-0.25, -0.2) is 13.5 Å². The Morgan fingerprint density at radius 1 is 1.21 bits per heavy atom. The summed E-state index contributed by atoms with van der Waals surface area (Å²) in [7, 11) is 1.39. The molecule has 0 aliphatic heterocycles. The first-order chi connectivity index (χ1) is 11.0. The molecule has 0 unspecified atom stereocenters. The number of hydrogen-bond donors (Lipinski definition) is 0. The number of alkyl halides is 5. The summed E-state index contributed by atoms with van der Waals surface area (Å²) >= 11 is 3.06. The average molecular weight is 411 g/mol. The highest BCUT2D eigenvalue weighted by Crippen LogP contribution is 2.49. The Kier molecular flexibility index (Phi) is 3.89. The second kappa shape index (κ2) is 5.44. The zero-order valence-corrected chi connectivity index (χ0v) is 14.0. The first kappa shape index (κ1) is 17.2. The fraction of sp³-hybridized carbons (Fsp3) is 0.400. The molecule has 1 aromatic carbocycles. The zero-order valence-electron chi connectivity index (χ0n) is 12.4. The maximum Gasteiger partial charge on any atom is 0.418 e. The molecular weight excluding hydrogens is 399 g/mol. The molecule has 0 saturated heterocycles. The highest BCUT2D eigenvalue weighted by molar-refractivity contribution is 9.10. The van der Waals surface area contributed by atoms with E-state index in [4.69, 9.17) is 0 Å². The lowest BCUT2D eigenvalue weighted by Gasteiger charge is -2.35. The van der Waals surface area contributed by atoms with Gasteiger partial charge in [0.15, 0.2) is 0 Å². The van der Waals surface area contributed by atoms with Crippen LogP contribution in [0.5, 0.6) is 0 Å². The van der Waals surface area contributed by atoms with Gasteiger partial charge in [-0.2, -0.15) is 13.2 Å². The number of aromatic nitrogens is 2. The molecular formula is C15H12BrF5N2O.